The van der Waals surface area contributed by atoms with E-state index in [2.05, 4.69) is 0 Å². The number of carbonyl (C=O) groups is 3. The molecule has 0 saturated carbocycles. The van der Waals surface area contributed by atoms with E-state index in [0.717, 1.165) is 11.8 Å². The molecule has 0 spiro atoms. The highest BCUT2D eigenvalue weighted by Gasteiger charge is 2.35. The molecule has 0 aromatic heterocycles. The van der Waals surface area contributed by atoms with Gasteiger partial charge >= 0.3 is 17.9 Å². The van der Waals surface area contributed by atoms with E-state index >= 15 is 0 Å². The standard InChI is InChI=1S/C19H22O6S2/c1-11(2)23-17(21)15(18(22)24-12(3)4)19-26-10-14(27-19)25-16(20)13-8-6-5-7-9-13/h5-9,11-12,14H,10H2,1-4H3. The summed E-state index contributed by atoms with van der Waals surface area (Å²) in [5, 5.41) is 0. The minimum atomic E-state index is -0.735. The topological polar surface area (TPSA) is 78.9 Å². The molecule has 1 atom stereocenters. The van der Waals surface area contributed by atoms with E-state index < -0.39 is 23.3 Å². The van der Waals surface area contributed by atoms with Crippen LogP contribution in [-0.4, -0.2) is 41.3 Å². The Morgan fingerprint density at radius 2 is 1.52 bits per heavy atom. The lowest BCUT2D eigenvalue weighted by molar-refractivity contribution is -0.150. The number of rotatable bonds is 6. The summed E-state index contributed by atoms with van der Waals surface area (Å²) in [7, 11) is 0. The van der Waals surface area contributed by atoms with Gasteiger partial charge in [-0.15, -0.1) is 11.8 Å². The zero-order chi connectivity index (χ0) is 20.0. The summed E-state index contributed by atoms with van der Waals surface area (Å²) >= 11 is 2.42. The van der Waals surface area contributed by atoms with Crippen LogP contribution in [0.1, 0.15) is 38.1 Å². The molecule has 146 valence electrons. The molecule has 1 aliphatic rings. The van der Waals surface area contributed by atoms with Gasteiger partial charge < -0.3 is 14.2 Å². The quantitative estimate of drug-likeness (QED) is 0.231. The monoisotopic (exact) mass is 410 g/mol. The van der Waals surface area contributed by atoms with Gasteiger partial charge in [-0.05, 0) is 39.8 Å². The number of benzene rings is 1. The van der Waals surface area contributed by atoms with Crippen LogP contribution >= 0.6 is 23.5 Å². The fraction of sp³-hybridized carbons (Fsp3) is 0.421. The van der Waals surface area contributed by atoms with Gasteiger partial charge in [-0.25, -0.2) is 14.4 Å². The Bertz CT molecular complexity index is 703. The van der Waals surface area contributed by atoms with E-state index in [1.54, 1.807) is 52.0 Å². The molecule has 27 heavy (non-hydrogen) atoms. The Morgan fingerprint density at radius 1 is 0.963 bits per heavy atom. The average Bonchev–Trinajstić information content (AvgIpc) is 3.02. The molecule has 6 nitrogen and oxygen atoms in total. The van der Waals surface area contributed by atoms with E-state index in [-0.39, 0.29) is 17.8 Å². The third-order valence-electron chi connectivity index (χ3n) is 3.13. The highest BCUT2D eigenvalue weighted by atomic mass is 32.2. The van der Waals surface area contributed by atoms with E-state index in [1.165, 1.54) is 11.8 Å². The summed E-state index contributed by atoms with van der Waals surface area (Å²) in [6.45, 7) is 6.81. The second kappa shape index (κ2) is 9.85. The maximum absolute atomic E-state index is 12.4. The van der Waals surface area contributed by atoms with Crippen molar-refractivity contribution in [2.75, 3.05) is 5.75 Å². The van der Waals surface area contributed by atoms with Gasteiger partial charge in [0.1, 0.15) is 0 Å². The summed E-state index contributed by atoms with van der Waals surface area (Å²) in [5.41, 5.74) is -0.212. The maximum Gasteiger partial charge on any atom is 0.347 e. The van der Waals surface area contributed by atoms with E-state index in [4.69, 9.17) is 14.2 Å². The Balaban J connectivity index is 2.15. The number of hydrogen-bond acceptors (Lipinski definition) is 8. The first-order chi connectivity index (χ1) is 12.8. The van der Waals surface area contributed by atoms with Gasteiger partial charge in [-0.2, -0.15) is 0 Å². The second-order valence-corrected chi connectivity index (χ2v) is 8.66. The average molecular weight is 411 g/mol. The summed E-state index contributed by atoms with van der Waals surface area (Å²) in [4.78, 5) is 37.0. The highest BCUT2D eigenvalue weighted by molar-refractivity contribution is 8.25. The van der Waals surface area contributed by atoms with Crippen LogP contribution in [-0.2, 0) is 23.8 Å². The summed E-state index contributed by atoms with van der Waals surface area (Å²) in [6, 6.07) is 8.64. The molecule has 8 heteroatoms. The molecule has 0 amide bonds. The molecule has 0 radical (unpaired) electrons. The van der Waals surface area contributed by atoms with Crippen LogP contribution < -0.4 is 0 Å². The van der Waals surface area contributed by atoms with Gasteiger partial charge in [0.2, 0.25) is 0 Å². The molecule has 0 aliphatic carbocycles. The lowest BCUT2D eigenvalue weighted by Crippen LogP contribution is -2.23. The van der Waals surface area contributed by atoms with Crippen LogP contribution in [0.4, 0.5) is 0 Å². The van der Waals surface area contributed by atoms with Crippen molar-refractivity contribution in [3.05, 3.63) is 45.7 Å². The summed E-state index contributed by atoms with van der Waals surface area (Å²) < 4.78 is 16.3. The molecule has 1 saturated heterocycles. The van der Waals surface area contributed by atoms with E-state index in [1.807, 2.05) is 6.07 Å². The van der Waals surface area contributed by atoms with Gasteiger partial charge in [0.05, 0.1) is 22.0 Å². The lowest BCUT2D eigenvalue weighted by atomic mass is 10.2. The van der Waals surface area contributed by atoms with Crippen molar-refractivity contribution in [1.82, 2.24) is 0 Å². The normalized spacial score (nSPS) is 16.4. The maximum atomic E-state index is 12.4. The van der Waals surface area contributed by atoms with Crippen LogP contribution in [0.3, 0.4) is 0 Å². The van der Waals surface area contributed by atoms with Crippen LogP contribution in [0.15, 0.2) is 40.1 Å². The van der Waals surface area contributed by atoms with Crippen LogP contribution in [0.5, 0.6) is 0 Å². The lowest BCUT2D eigenvalue weighted by Gasteiger charge is -2.14. The Labute approximate surface area is 167 Å². The van der Waals surface area contributed by atoms with Crippen LogP contribution in [0, 0.1) is 0 Å². The first-order valence-electron chi connectivity index (χ1n) is 8.49. The first-order valence-corrected chi connectivity index (χ1v) is 10.4. The van der Waals surface area contributed by atoms with Gasteiger partial charge in [-0.1, -0.05) is 30.0 Å². The number of carbonyl (C=O) groups excluding carboxylic acids is 3. The fourth-order valence-corrected chi connectivity index (χ4v) is 4.68. The smallest absolute Gasteiger partial charge is 0.347 e. The van der Waals surface area contributed by atoms with Crippen molar-refractivity contribution in [3.63, 3.8) is 0 Å². The molecule has 0 N–H and O–H groups in total. The number of ether oxygens (including phenoxy) is 3. The van der Waals surface area contributed by atoms with Crippen molar-refractivity contribution in [2.45, 2.75) is 45.3 Å². The minimum Gasteiger partial charge on any atom is -0.459 e. The molecular weight excluding hydrogens is 388 g/mol. The Kier molecular flexibility index (Phi) is 7.79. The van der Waals surface area contributed by atoms with Crippen molar-refractivity contribution in [3.8, 4) is 0 Å². The summed E-state index contributed by atoms with van der Waals surface area (Å²) in [6.07, 6.45) is -0.744. The second-order valence-electron chi connectivity index (χ2n) is 6.20. The predicted molar refractivity (Wildman–Crippen MR) is 105 cm³/mol. The molecule has 1 unspecified atom stereocenters. The molecule has 1 heterocycles. The number of thioether (sulfide) groups is 2. The number of esters is 3. The van der Waals surface area contributed by atoms with Crippen molar-refractivity contribution >= 4 is 41.4 Å². The predicted octanol–water partition coefficient (Wildman–Crippen LogP) is 3.76. The first kappa shape index (κ1) is 21.4. The fourth-order valence-electron chi connectivity index (χ4n) is 2.08. The molecule has 1 aromatic carbocycles. The van der Waals surface area contributed by atoms with Crippen molar-refractivity contribution < 1.29 is 28.6 Å². The van der Waals surface area contributed by atoms with Crippen LogP contribution in [0.2, 0.25) is 0 Å². The molecule has 1 aromatic rings. The van der Waals surface area contributed by atoms with Crippen molar-refractivity contribution in [2.24, 2.45) is 0 Å². The zero-order valence-electron chi connectivity index (χ0n) is 15.6. The largest absolute Gasteiger partial charge is 0.459 e. The van der Waals surface area contributed by atoms with Crippen LogP contribution in [0.25, 0.3) is 0 Å². The zero-order valence-corrected chi connectivity index (χ0v) is 17.2. The molecule has 0 bridgehead atoms. The van der Waals surface area contributed by atoms with E-state index in [0.29, 0.717) is 15.6 Å². The Hall–Kier alpha value is -1.93. The molecule has 2 rings (SSSR count). The van der Waals surface area contributed by atoms with E-state index in [9.17, 15) is 14.4 Å². The molecule has 1 fully saturated rings. The molecule has 1 aliphatic heterocycles. The SMILES string of the molecule is CC(C)OC(=O)C(C(=O)OC(C)C)=C1SCC(OC(=O)c2ccccc2)S1. The Morgan fingerprint density at radius 3 is 2.04 bits per heavy atom. The van der Waals surface area contributed by atoms with Gasteiger partial charge in [0.15, 0.2) is 11.0 Å². The minimum absolute atomic E-state index is 0.148. The summed E-state index contributed by atoms with van der Waals surface area (Å²) in [5.74, 6) is -1.50. The van der Waals surface area contributed by atoms with Gasteiger partial charge in [-0.3, -0.25) is 0 Å². The third kappa shape index (κ3) is 6.32. The highest BCUT2D eigenvalue weighted by Crippen LogP contribution is 2.45. The van der Waals surface area contributed by atoms with Crippen molar-refractivity contribution in [1.29, 1.82) is 0 Å². The molecular formula is C19H22O6S2. The van der Waals surface area contributed by atoms with Gasteiger partial charge in [0.25, 0.3) is 0 Å². The van der Waals surface area contributed by atoms with Gasteiger partial charge in [0, 0.05) is 5.75 Å². The third-order valence-corrected chi connectivity index (χ3v) is 5.87. The number of hydrogen-bond donors (Lipinski definition) is 0.